The van der Waals surface area contributed by atoms with Crippen LogP contribution in [-0.4, -0.2) is 10.2 Å². The normalized spacial score (nSPS) is 16.9. The Morgan fingerprint density at radius 2 is 1.30 bits per heavy atom. The highest BCUT2D eigenvalue weighted by Crippen LogP contribution is 2.57. The highest BCUT2D eigenvalue weighted by atomic mass is 16.3. The Kier molecular flexibility index (Phi) is 3.48. The first kappa shape index (κ1) is 16.0. The summed E-state index contributed by atoms with van der Waals surface area (Å²) in [5.74, 6) is 0.535. The van der Waals surface area contributed by atoms with E-state index in [1.165, 1.54) is 22.3 Å². The zero-order chi connectivity index (χ0) is 18.4. The Morgan fingerprint density at radius 3 is 1.93 bits per heavy atom. The summed E-state index contributed by atoms with van der Waals surface area (Å²) in [6.07, 6.45) is 6.51. The van der Waals surface area contributed by atoms with Crippen molar-refractivity contribution in [2.75, 3.05) is 0 Å². The standard InChI is InChI=1S/C25H20O2/c26-19-13-9-17(10-14-19)25(18-11-15-20(27)16-12-18)23-7-3-1-5-21(23)22-6-2-4-8-24(22)25/h1-3,5-7,9-16,26-27H,4,8H2. The zero-order valence-electron chi connectivity index (χ0n) is 14.9. The van der Waals surface area contributed by atoms with Crippen LogP contribution in [0.2, 0.25) is 0 Å². The van der Waals surface area contributed by atoms with Crippen LogP contribution in [0, 0.1) is 0 Å². The van der Waals surface area contributed by atoms with Crippen molar-refractivity contribution in [2.24, 2.45) is 0 Å². The third-order valence-electron chi connectivity index (χ3n) is 5.85. The molecule has 2 aliphatic rings. The average molecular weight is 352 g/mol. The number of phenols is 2. The fraction of sp³-hybridized carbons (Fsp3) is 0.120. The fourth-order valence-corrected chi connectivity index (χ4v) is 4.76. The molecule has 0 saturated heterocycles. The van der Waals surface area contributed by atoms with Crippen LogP contribution in [-0.2, 0) is 5.41 Å². The minimum absolute atomic E-state index is 0.267. The minimum atomic E-state index is -0.405. The highest BCUT2D eigenvalue weighted by molar-refractivity contribution is 5.90. The average Bonchev–Trinajstić information content (AvgIpc) is 3.01. The summed E-state index contributed by atoms with van der Waals surface area (Å²) in [5.41, 5.74) is 7.10. The predicted molar refractivity (Wildman–Crippen MR) is 108 cm³/mol. The third kappa shape index (κ3) is 2.20. The van der Waals surface area contributed by atoms with Gasteiger partial charge in [-0.05, 0) is 70.5 Å². The molecule has 0 saturated carbocycles. The van der Waals surface area contributed by atoms with Crippen molar-refractivity contribution in [1.29, 1.82) is 0 Å². The van der Waals surface area contributed by atoms with Crippen molar-refractivity contribution in [3.63, 3.8) is 0 Å². The molecule has 0 heterocycles. The van der Waals surface area contributed by atoms with Crippen molar-refractivity contribution in [2.45, 2.75) is 18.3 Å². The molecule has 2 heteroatoms. The molecule has 0 aliphatic heterocycles. The van der Waals surface area contributed by atoms with Gasteiger partial charge in [-0.15, -0.1) is 0 Å². The molecule has 2 nitrogen and oxygen atoms in total. The molecular formula is C25H20O2. The molecule has 3 aromatic rings. The molecule has 0 fully saturated rings. The number of aromatic hydroxyl groups is 2. The monoisotopic (exact) mass is 352 g/mol. The van der Waals surface area contributed by atoms with Crippen LogP contribution >= 0.6 is 0 Å². The van der Waals surface area contributed by atoms with Crippen LogP contribution in [0.25, 0.3) is 5.57 Å². The molecule has 3 aromatic carbocycles. The van der Waals surface area contributed by atoms with E-state index in [9.17, 15) is 10.2 Å². The summed E-state index contributed by atoms with van der Waals surface area (Å²) in [7, 11) is 0. The first-order chi connectivity index (χ1) is 13.2. The fourth-order valence-electron chi connectivity index (χ4n) is 4.76. The summed E-state index contributed by atoms with van der Waals surface area (Å²) in [6, 6.07) is 23.7. The lowest BCUT2D eigenvalue weighted by molar-refractivity contribution is 0.474. The third-order valence-corrected chi connectivity index (χ3v) is 5.85. The van der Waals surface area contributed by atoms with Gasteiger partial charge >= 0.3 is 0 Å². The quantitative estimate of drug-likeness (QED) is 0.635. The van der Waals surface area contributed by atoms with Crippen LogP contribution in [0.3, 0.4) is 0 Å². The van der Waals surface area contributed by atoms with Crippen LogP contribution in [0.15, 0.2) is 90.5 Å². The summed E-state index contributed by atoms with van der Waals surface area (Å²) >= 11 is 0. The predicted octanol–water partition coefficient (Wildman–Crippen LogP) is 5.55. The molecule has 0 aromatic heterocycles. The summed E-state index contributed by atoms with van der Waals surface area (Å²) in [5, 5.41) is 19.7. The minimum Gasteiger partial charge on any atom is -0.508 e. The van der Waals surface area contributed by atoms with Crippen LogP contribution in [0.5, 0.6) is 11.5 Å². The van der Waals surface area contributed by atoms with E-state index < -0.39 is 5.41 Å². The van der Waals surface area contributed by atoms with E-state index in [0.29, 0.717) is 0 Å². The van der Waals surface area contributed by atoms with Crippen molar-refractivity contribution in [1.82, 2.24) is 0 Å². The molecule has 2 aliphatic carbocycles. The molecule has 5 rings (SSSR count). The first-order valence-corrected chi connectivity index (χ1v) is 9.30. The summed E-state index contributed by atoms with van der Waals surface area (Å²) < 4.78 is 0. The van der Waals surface area contributed by atoms with Gasteiger partial charge in [0.2, 0.25) is 0 Å². The van der Waals surface area contributed by atoms with Crippen LogP contribution in [0.4, 0.5) is 0 Å². The SMILES string of the molecule is Oc1ccc(C2(c3ccc(O)cc3)C3=C(C=CCC3)c3ccccc32)cc1. The highest BCUT2D eigenvalue weighted by Gasteiger charge is 2.47. The number of rotatable bonds is 2. The van der Waals surface area contributed by atoms with Crippen molar-refractivity contribution < 1.29 is 10.2 Å². The first-order valence-electron chi connectivity index (χ1n) is 9.30. The van der Waals surface area contributed by atoms with Gasteiger partial charge in [0, 0.05) is 0 Å². The lowest BCUT2D eigenvalue weighted by Crippen LogP contribution is -2.30. The Morgan fingerprint density at radius 1 is 0.704 bits per heavy atom. The lowest BCUT2D eigenvalue weighted by atomic mass is 9.65. The second-order valence-electron chi connectivity index (χ2n) is 7.22. The maximum atomic E-state index is 9.86. The van der Waals surface area contributed by atoms with Gasteiger partial charge in [-0.1, -0.05) is 60.7 Å². The van der Waals surface area contributed by atoms with E-state index >= 15 is 0 Å². The Balaban J connectivity index is 1.91. The Labute approximate surface area is 158 Å². The van der Waals surface area contributed by atoms with Crippen molar-refractivity contribution in [3.8, 4) is 11.5 Å². The van der Waals surface area contributed by atoms with E-state index in [4.69, 9.17) is 0 Å². The maximum Gasteiger partial charge on any atom is 0.115 e. The zero-order valence-corrected chi connectivity index (χ0v) is 14.9. The number of phenolic OH excluding ortho intramolecular Hbond substituents is 2. The molecule has 0 amide bonds. The van der Waals surface area contributed by atoms with E-state index in [-0.39, 0.29) is 11.5 Å². The van der Waals surface area contributed by atoms with Crippen LogP contribution < -0.4 is 0 Å². The number of fused-ring (bicyclic) bond motifs is 2. The van der Waals surface area contributed by atoms with Gasteiger partial charge in [0.1, 0.15) is 11.5 Å². The van der Waals surface area contributed by atoms with Gasteiger partial charge in [-0.2, -0.15) is 0 Å². The number of hydrogen-bond acceptors (Lipinski definition) is 2. The lowest BCUT2D eigenvalue weighted by Gasteiger charge is -2.36. The molecule has 132 valence electrons. The van der Waals surface area contributed by atoms with Gasteiger partial charge in [0.25, 0.3) is 0 Å². The smallest absolute Gasteiger partial charge is 0.115 e. The molecule has 0 unspecified atom stereocenters. The molecule has 0 atom stereocenters. The Bertz CT molecular complexity index is 1020. The van der Waals surface area contributed by atoms with Gasteiger partial charge in [0.15, 0.2) is 0 Å². The van der Waals surface area contributed by atoms with E-state index in [0.717, 1.165) is 24.0 Å². The Hall–Kier alpha value is -3.26. The number of allylic oxidation sites excluding steroid dienone is 4. The summed E-state index contributed by atoms with van der Waals surface area (Å²) in [6.45, 7) is 0. The molecule has 0 radical (unpaired) electrons. The van der Waals surface area contributed by atoms with E-state index in [1.54, 1.807) is 24.3 Å². The van der Waals surface area contributed by atoms with Crippen molar-refractivity contribution in [3.05, 3.63) is 113 Å². The van der Waals surface area contributed by atoms with Gasteiger partial charge in [0.05, 0.1) is 5.41 Å². The number of hydrogen-bond donors (Lipinski definition) is 2. The molecule has 0 spiro atoms. The van der Waals surface area contributed by atoms with Gasteiger partial charge in [-0.3, -0.25) is 0 Å². The molecular weight excluding hydrogens is 332 g/mol. The molecule has 27 heavy (non-hydrogen) atoms. The van der Waals surface area contributed by atoms with E-state index in [2.05, 4.69) is 36.4 Å². The van der Waals surface area contributed by atoms with Crippen molar-refractivity contribution >= 4 is 5.57 Å². The van der Waals surface area contributed by atoms with Crippen LogP contribution in [0.1, 0.15) is 35.1 Å². The topological polar surface area (TPSA) is 40.5 Å². The number of benzene rings is 3. The molecule has 0 bridgehead atoms. The second kappa shape index (κ2) is 5.88. The summed E-state index contributed by atoms with van der Waals surface area (Å²) in [4.78, 5) is 0. The molecule has 2 N–H and O–H groups in total. The van der Waals surface area contributed by atoms with E-state index in [1.807, 2.05) is 24.3 Å². The largest absolute Gasteiger partial charge is 0.508 e. The second-order valence-corrected chi connectivity index (χ2v) is 7.22. The maximum absolute atomic E-state index is 9.86. The van der Waals surface area contributed by atoms with Gasteiger partial charge < -0.3 is 10.2 Å². The van der Waals surface area contributed by atoms with Gasteiger partial charge in [-0.25, -0.2) is 0 Å².